The molecule has 1 atom stereocenters. The molecule has 0 saturated carbocycles. The van der Waals surface area contributed by atoms with Crippen molar-refractivity contribution in [2.24, 2.45) is 0 Å². The third kappa shape index (κ3) is 1.04. The lowest BCUT2D eigenvalue weighted by Crippen LogP contribution is -2.35. The van der Waals surface area contributed by atoms with E-state index in [2.05, 4.69) is 21.7 Å². The topological polar surface area (TPSA) is 37.0 Å². The maximum Gasteiger partial charge on any atom is 0.130 e. The standard InChI is InChI=1S/C10H13N3/c1-4-11-8-3-6-13-10-9(8)7(1)2-5-12-10/h2,5,8,11H,1,3-4,6H2,(H,12,13). The first-order chi connectivity index (χ1) is 6.45. The van der Waals surface area contributed by atoms with Gasteiger partial charge in [-0.15, -0.1) is 0 Å². The second-order valence-electron chi connectivity index (χ2n) is 3.70. The largest absolute Gasteiger partial charge is 0.370 e. The molecule has 2 aliphatic heterocycles. The minimum absolute atomic E-state index is 0.550. The molecule has 0 radical (unpaired) electrons. The van der Waals surface area contributed by atoms with Gasteiger partial charge in [-0.05, 0) is 31.0 Å². The van der Waals surface area contributed by atoms with Crippen molar-refractivity contribution < 1.29 is 0 Å². The zero-order chi connectivity index (χ0) is 8.67. The molecule has 1 aromatic heterocycles. The van der Waals surface area contributed by atoms with Crippen LogP contribution in [0.25, 0.3) is 0 Å². The van der Waals surface area contributed by atoms with Crippen LogP contribution in [0.1, 0.15) is 23.6 Å². The van der Waals surface area contributed by atoms with E-state index in [9.17, 15) is 0 Å². The zero-order valence-corrected chi connectivity index (χ0v) is 7.51. The summed E-state index contributed by atoms with van der Waals surface area (Å²) in [6.45, 7) is 2.16. The molecule has 3 heterocycles. The monoisotopic (exact) mass is 175 g/mol. The number of nitrogens with one attached hydrogen (secondary N) is 2. The van der Waals surface area contributed by atoms with E-state index in [0.717, 1.165) is 25.3 Å². The maximum absolute atomic E-state index is 4.36. The highest BCUT2D eigenvalue weighted by Crippen LogP contribution is 2.33. The predicted octanol–water partition coefficient (Wildman–Crippen LogP) is 1.08. The molecule has 0 bridgehead atoms. The smallest absolute Gasteiger partial charge is 0.130 e. The van der Waals surface area contributed by atoms with Crippen LogP contribution >= 0.6 is 0 Å². The Morgan fingerprint density at radius 2 is 2.38 bits per heavy atom. The summed E-state index contributed by atoms with van der Waals surface area (Å²) in [6.07, 6.45) is 4.24. The van der Waals surface area contributed by atoms with Crippen molar-refractivity contribution in [3.8, 4) is 0 Å². The second-order valence-corrected chi connectivity index (χ2v) is 3.70. The predicted molar refractivity (Wildman–Crippen MR) is 51.8 cm³/mol. The Hall–Kier alpha value is -1.09. The number of hydrogen-bond acceptors (Lipinski definition) is 3. The first kappa shape index (κ1) is 7.33. The molecule has 3 rings (SSSR count). The summed E-state index contributed by atoms with van der Waals surface area (Å²) >= 11 is 0. The maximum atomic E-state index is 4.36. The van der Waals surface area contributed by atoms with Gasteiger partial charge in [-0.2, -0.15) is 0 Å². The number of pyridine rings is 1. The van der Waals surface area contributed by atoms with Crippen LogP contribution in [0.15, 0.2) is 12.3 Å². The second kappa shape index (κ2) is 2.70. The van der Waals surface area contributed by atoms with Gasteiger partial charge in [0.2, 0.25) is 0 Å². The van der Waals surface area contributed by atoms with Crippen molar-refractivity contribution in [1.82, 2.24) is 10.3 Å². The molecular formula is C10H13N3. The van der Waals surface area contributed by atoms with Crippen molar-refractivity contribution in [3.63, 3.8) is 0 Å². The van der Waals surface area contributed by atoms with E-state index in [4.69, 9.17) is 0 Å². The van der Waals surface area contributed by atoms with E-state index < -0.39 is 0 Å². The Balaban J connectivity index is 2.18. The van der Waals surface area contributed by atoms with Crippen molar-refractivity contribution >= 4 is 5.82 Å². The lowest BCUT2D eigenvalue weighted by molar-refractivity contribution is 0.473. The summed E-state index contributed by atoms with van der Waals surface area (Å²) in [5.41, 5.74) is 2.89. The van der Waals surface area contributed by atoms with Crippen LogP contribution in [0.5, 0.6) is 0 Å². The molecule has 1 aromatic rings. The van der Waals surface area contributed by atoms with Crippen molar-refractivity contribution in [3.05, 3.63) is 23.4 Å². The molecule has 0 aliphatic carbocycles. The van der Waals surface area contributed by atoms with Gasteiger partial charge in [-0.3, -0.25) is 0 Å². The molecule has 0 saturated heterocycles. The normalized spacial score (nSPS) is 24.8. The summed E-state index contributed by atoms with van der Waals surface area (Å²) in [5.74, 6) is 1.10. The quantitative estimate of drug-likeness (QED) is 0.619. The Morgan fingerprint density at radius 3 is 3.38 bits per heavy atom. The van der Waals surface area contributed by atoms with E-state index in [1.54, 1.807) is 0 Å². The molecule has 13 heavy (non-hydrogen) atoms. The van der Waals surface area contributed by atoms with Crippen LogP contribution in [0.2, 0.25) is 0 Å². The molecule has 2 N–H and O–H groups in total. The molecule has 3 nitrogen and oxygen atoms in total. The van der Waals surface area contributed by atoms with Crippen LogP contribution in [0.3, 0.4) is 0 Å². The Morgan fingerprint density at radius 1 is 1.38 bits per heavy atom. The number of nitrogens with zero attached hydrogens (tertiary/aromatic N) is 1. The van der Waals surface area contributed by atoms with Crippen molar-refractivity contribution in [2.45, 2.75) is 18.9 Å². The molecule has 0 fully saturated rings. The number of rotatable bonds is 0. The van der Waals surface area contributed by atoms with Crippen LogP contribution in [0.4, 0.5) is 5.82 Å². The van der Waals surface area contributed by atoms with Gasteiger partial charge in [-0.25, -0.2) is 4.98 Å². The lowest BCUT2D eigenvalue weighted by atomic mass is 9.91. The highest BCUT2D eigenvalue weighted by Gasteiger charge is 2.26. The van der Waals surface area contributed by atoms with E-state index >= 15 is 0 Å². The fourth-order valence-electron chi connectivity index (χ4n) is 2.33. The minimum Gasteiger partial charge on any atom is -0.370 e. The molecular weight excluding hydrogens is 162 g/mol. The molecule has 68 valence electrons. The van der Waals surface area contributed by atoms with E-state index in [0.29, 0.717) is 6.04 Å². The van der Waals surface area contributed by atoms with E-state index in [-0.39, 0.29) is 0 Å². The van der Waals surface area contributed by atoms with E-state index in [1.807, 2.05) is 6.20 Å². The first-order valence-electron chi connectivity index (χ1n) is 4.90. The van der Waals surface area contributed by atoms with Crippen molar-refractivity contribution in [2.75, 3.05) is 18.4 Å². The van der Waals surface area contributed by atoms with Crippen LogP contribution < -0.4 is 10.6 Å². The van der Waals surface area contributed by atoms with Crippen LogP contribution in [0, 0.1) is 0 Å². The summed E-state index contributed by atoms with van der Waals surface area (Å²) in [4.78, 5) is 4.36. The third-order valence-electron chi connectivity index (χ3n) is 2.94. The highest BCUT2D eigenvalue weighted by molar-refractivity contribution is 5.53. The van der Waals surface area contributed by atoms with Gasteiger partial charge in [-0.1, -0.05) is 0 Å². The average molecular weight is 175 g/mol. The molecule has 2 aliphatic rings. The van der Waals surface area contributed by atoms with Gasteiger partial charge in [0.1, 0.15) is 5.82 Å². The van der Waals surface area contributed by atoms with Gasteiger partial charge in [0, 0.05) is 24.3 Å². The van der Waals surface area contributed by atoms with Crippen LogP contribution in [-0.2, 0) is 6.42 Å². The van der Waals surface area contributed by atoms with Gasteiger partial charge >= 0.3 is 0 Å². The van der Waals surface area contributed by atoms with Gasteiger partial charge < -0.3 is 10.6 Å². The Kier molecular flexibility index (Phi) is 1.52. The Labute approximate surface area is 77.6 Å². The lowest BCUT2D eigenvalue weighted by Gasteiger charge is -2.32. The van der Waals surface area contributed by atoms with Gasteiger partial charge in [0.05, 0.1) is 0 Å². The highest BCUT2D eigenvalue weighted by atomic mass is 15.0. The summed E-state index contributed by atoms with van der Waals surface area (Å²) < 4.78 is 0. The molecule has 3 heteroatoms. The third-order valence-corrected chi connectivity index (χ3v) is 2.94. The SMILES string of the molecule is c1cc2c3c(n1)NCCC3NCC2. The molecule has 0 spiro atoms. The first-order valence-corrected chi connectivity index (χ1v) is 4.90. The molecule has 0 amide bonds. The average Bonchev–Trinajstić information content (AvgIpc) is 2.19. The van der Waals surface area contributed by atoms with E-state index in [1.165, 1.54) is 17.5 Å². The Bertz CT molecular complexity index is 307. The number of hydrogen-bond donors (Lipinski definition) is 2. The molecule has 0 aromatic carbocycles. The van der Waals surface area contributed by atoms with Crippen LogP contribution in [-0.4, -0.2) is 18.1 Å². The number of aromatic nitrogens is 1. The summed E-state index contributed by atoms with van der Waals surface area (Å²) in [6, 6.07) is 2.70. The fourth-order valence-corrected chi connectivity index (χ4v) is 2.33. The summed E-state index contributed by atoms with van der Waals surface area (Å²) in [7, 11) is 0. The van der Waals surface area contributed by atoms with Gasteiger partial charge in [0.15, 0.2) is 0 Å². The fraction of sp³-hybridized carbons (Fsp3) is 0.500. The zero-order valence-electron chi connectivity index (χ0n) is 7.51. The van der Waals surface area contributed by atoms with Gasteiger partial charge in [0.25, 0.3) is 0 Å². The summed E-state index contributed by atoms with van der Waals surface area (Å²) in [5, 5.41) is 6.89. The number of anilines is 1. The minimum atomic E-state index is 0.550. The molecule has 1 unspecified atom stereocenters. The van der Waals surface area contributed by atoms with Crippen molar-refractivity contribution in [1.29, 1.82) is 0 Å².